The number of sulfonamides is 1. The summed E-state index contributed by atoms with van der Waals surface area (Å²) in [7, 11) is -3.82. The molecule has 1 fully saturated rings. The van der Waals surface area contributed by atoms with Crippen molar-refractivity contribution in [3.63, 3.8) is 0 Å². The van der Waals surface area contributed by atoms with Crippen molar-refractivity contribution in [2.75, 3.05) is 16.2 Å². The monoisotopic (exact) mass is 388 g/mol. The van der Waals surface area contributed by atoms with Gasteiger partial charge in [-0.1, -0.05) is 13.8 Å². The largest absolute Gasteiger partial charge is 0.311 e. The van der Waals surface area contributed by atoms with Gasteiger partial charge in [0.05, 0.1) is 4.90 Å². The number of hydrogen-bond acceptors (Lipinski definition) is 3. The van der Waals surface area contributed by atoms with Crippen LogP contribution in [0.3, 0.4) is 0 Å². The molecule has 1 amide bonds. The third-order valence-electron chi connectivity index (χ3n) is 5.14. The number of carbonyl (C=O) groups is 1. The van der Waals surface area contributed by atoms with E-state index in [9.17, 15) is 17.6 Å². The smallest absolute Gasteiger partial charge is 0.261 e. The number of nitrogens with one attached hydrogen (secondary N) is 1. The lowest BCUT2D eigenvalue weighted by molar-refractivity contribution is -0.119. The third-order valence-corrected chi connectivity index (χ3v) is 6.52. The summed E-state index contributed by atoms with van der Waals surface area (Å²) >= 11 is 0. The second kappa shape index (κ2) is 6.05. The summed E-state index contributed by atoms with van der Waals surface area (Å²) in [6, 6.07) is 10.0. The normalized spacial score (nSPS) is 18.3. The number of fused-ring (bicyclic) bond motifs is 1. The van der Waals surface area contributed by atoms with E-state index in [0.29, 0.717) is 12.2 Å². The van der Waals surface area contributed by atoms with Crippen molar-refractivity contribution in [3.05, 3.63) is 53.8 Å². The highest BCUT2D eigenvalue weighted by molar-refractivity contribution is 7.92. The van der Waals surface area contributed by atoms with Gasteiger partial charge in [-0.15, -0.1) is 0 Å². The summed E-state index contributed by atoms with van der Waals surface area (Å²) in [5, 5.41) is 0. The SMILES string of the molecule is CC1(C)CN(C(=O)C2CC2)c2ccc(S(=O)(=O)Nc3ccc(F)cc3)cc21. The van der Waals surface area contributed by atoms with E-state index in [0.717, 1.165) is 24.1 Å². The maximum absolute atomic E-state index is 13.0. The maximum Gasteiger partial charge on any atom is 0.261 e. The van der Waals surface area contributed by atoms with Crippen LogP contribution in [0.15, 0.2) is 47.4 Å². The Labute approximate surface area is 158 Å². The van der Waals surface area contributed by atoms with Crippen LogP contribution in [-0.4, -0.2) is 20.9 Å². The van der Waals surface area contributed by atoms with Gasteiger partial charge in [-0.3, -0.25) is 9.52 Å². The highest BCUT2D eigenvalue weighted by atomic mass is 32.2. The molecule has 1 heterocycles. The predicted molar refractivity (Wildman–Crippen MR) is 102 cm³/mol. The molecule has 2 aliphatic rings. The molecule has 0 unspecified atom stereocenters. The van der Waals surface area contributed by atoms with Gasteiger partial charge in [0.25, 0.3) is 10.0 Å². The zero-order valence-electron chi connectivity index (χ0n) is 15.2. The number of rotatable bonds is 4. The Balaban J connectivity index is 1.67. The molecule has 27 heavy (non-hydrogen) atoms. The van der Waals surface area contributed by atoms with E-state index in [4.69, 9.17) is 0 Å². The molecule has 142 valence electrons. The van der Waals surface area contributed by atoms with Gasteiger partial charge in [0.1, 0.15) is 5.82 Å². The Hall–Kier alpha value is -2.41. The molecule has 1 N–H and O–H groups in total. The number of benzene rings is 2. The minimum atomic E-state index is -3.82. The van der Waals surface area contributed by atoms with Gasteiger partial charge in [-0.05, 0) is 60.9 Å². The number of nitrogens with zero attached hydrogens (tertiary/aromatic N) is 1. The zero-order chi connectivity index (χ0) is 19.4. The van der Waals surface area contributed by atoms with Crippen LogP contribution in [0.1, 0.15) is 32.3 Å². The second-order valence-corrected chi connectivity index (χ2v) is 9.56. The van der Waals surface area contributed by atoms with Crippen LogP contribution < -0.4 is 9.62 Å². The fourth-order valence-corrected chi connectivity index (χ4v) is 4.59. The van der Waals surface area contributed by atoms with Crippen molar-refractivity contribution in [1.82, 2.24) is 0 Å². The molecule has 5 nitrogen and oxygen atoms in total. The van der Waals surface area contributed by atoms with Crippen molar-refractivity contribution < 1.29 is 17.6 Å². The molecule has 0 radical (unpaired) electrons. The first kappa shape index (κ1) is 18.0. The average Bonchev–Trinajstić information content (AvgIpc) is 3.42. The van der Waals surface area contributed by atoms with Crippen LogP contribution in [0.25, 0.3) is 0 Å². The molecule has 1 aliphatic heterocycles. The molecule has 0 saturated heterocycles. The Morgan fingerprint density at radius 2 is 1.81 bits per heavy atom. The first-order chi connectivity index (χ1) is 12.7. The predicted octanol–water partition coefficient (Wildman–Crippen LogP) is 3.66. The zero-order valence-corrected chi connectivity index (χ0v) is 16.0. The van der Waals surface area contributed by atoms with Crippen molar-refractivity contribution in [3.8, 4) is 0 Å². The van der Waals surface area contributed by atoms with Crippen molar-refractivity contribution in [2.45, 2.75) is 37.0 Å². The fourth-order valence-electron chi connectivity index (χ4n) is 3.50. The minimum Gasteiger partial charge on any atom is -0.311 e. The average molecular weight is 388 g/mol. The van der Waals surface area contributed by atoms with Crippen molar-refractivity contribution >= 4 is 27.3 Å². The second-order valence-electron chi connectivity index (χ2n) is 7.87. The van der Waals surface area contributed by atoms with Crippen LogP contribution in [0.5, 0.6) is 0 Å². The summed E-state index contributed by atoms with van der Waals surface area (Å²) in [5.74, 6) is -0.199. The molecule has 4 rings (SSSR count). The van der Waals surface area contributed by atoms with Gasteiger partial charge < -0.3 is 4.90 Å². The van der Waals surface area contributed by atoms with Gasteiger partial charge in [0.15, 0.2) is 0 Å². The third kappa shape index (κ3) is 3.32. The molecule has 0 spiro atoms. The quantitative estimate of drug-likeness (QED) is 0.869. The molecular formula is C20H21FN2O3S. The topological polar surface area (TPSA) is 66.5 Å². The fraction of sp³-hybridized carbons (Fsp3) is 0.350. The van der Waals surface area contributed by atoms with Crippen molar-refractivity contribution in [1.29, 1.82) is 0 Å². The number of carbonyl (C=O) groups excluding carboxylic acids is 1. The lowest BCUT2D eigenvalue weighted by Crippen LogP contribution is -2.34. The van der Waals surface area contributed by atoms with Crippen molar-refractivity contribution in [2.24, 2.45) is 5.92 Å². The first-order valence-corrected chi connectivity index (χ1v) is 10.4. The molecule has 0 atom stereocenters. The van der Waals surface area contributed by atoms with Crippen LogP contribution >= 0.6 is 0 Å². The minimum absolute atomic E-state index is 0.107. The van der Waals surface area contributed by atoms with Gasteiger partial charge in [0, 0.05) is 29.3 Å². The van der Waals surface area contributed by atoms with E-state index in [1.807, 2.05) is 13.8 Å². The number of amides is 1. The van der Waals surface area contributed by atoms with E-state index < -0.39 is 15.8 Å². The highest BCUT2D eigenvalue weighted by Crippen LogP contribution is 2.44. The molecule has 7 heteroatoms. The lowest BCUT2D eigenvalue weighted by atomic mass is 9.87. The highest BCUT2D eigenvalue weighted by Gasteiger charge is 2.43. The van der Waals surface area contributed by atoms with Crippen LogP contribution in [0.4, 0.5) is 15.8 Å². The van der Waals surface area contributed by atoms with Crippen LogP contribution in [0, 0.1) is 11.7 Å². The molecule has 0 bridgehead atoms. The Morgan fingerprint density at radius 1 is 1.15 bits per heavy atom. The van der Waals surface area contributed by atoms with Gasteiger partial charge in [-0.25, -0.2) is 12.8 Å². The summed E-state index contributed by atoms with van der Waals surface area (Å²) in [6.07, 6.45) is 1.86. The molecular weight excluding hydrogens is 367 g/mol. The summed E-state index contributed by atoms with van der Waals surface area (Å²) in [4.78, 5) is 14.5. The maximum atomic E-state index is 13.0. The lowest BCUT2D eigenvalue weighted by Gasteiger charge is -2.20. The van der Waals surface area contributed by atoms with E-state index in [1.165, 1.54) is 30.3 Å². The summed E-state index contributed by atoms with van der Waals surface area (Å²) < 4.78 is 41.0. The van der Waals surface area contributed by atoms with Crippen LogP contribution in [-0.2, 0) is 20.2 Å². The van der Waals surface area contributed by atoms with E-state index in [1.54, 1.807) is 17.0 Å². The van der Waals surface area contributed by atoms with Gasteiger partial charge >= 0.3 is 0 Å². The van der Waals surface area contributed by atoms with E-state index >= 15 is 0 Å². The number of hydrogen-bond donors (Lipinski definition) is 1. The van der Waals surface area contributed by atoms with Gasteiger partial charge in [0.2, 0.25) is 5.91 Å². The first-order valence-electron chi connectivity index (χ1n) is 8.92. The Kier molecular flexibility index (Phi) is 4.03. The Morgan fingerprint density at radius 3 is 2.44 bits per heavy atom. The molecule has 1 aliphatic carbocycles. The molecule has 2 aromatic rings. The van der Waals surface area contributed by atoms with Crippen LogP contribution in [0.2, 0.25) is 0 Å². The van der Waals surface area contributed by atoms with Gasteiger partial charge in [-0.2, -0.15) is 0 Å². The summed E-state index contributed by atoms with van der Waals surface area (Å²) in [5.41, 5.74) is 1.60. The molecule has 0 aromatic heterocycles. The van der Waals surface area contributed by atoms with E-state index in [-0.39, 0.29) is 22.1 Å². The van der Waals surface area contributed by atoms with E-state index in [2.05, 4.69) is 4.72 Å². The molecule has 2 aromatic carbocycles. The summed E-state index contributed by atoms with van der Waals surface area (Å²) in [6.45, 7) is 4.57. The molecule has 1 saturated carbocycles. The number of anilines is 2. The number of halogens is 1. The standard InChI is InChI=1S/C20H21FN2O3S/c1-20(2)12-23(19(24)13-3-4-13)18-10-9-16(11-17(18)20)27(25,26)22-15-7-5-14(21)6-8-15/h5-11,13,22H,3-4,12H2,1-2H3. The Bertz CT molecular complexity index is 1010.